The molecule has 1 aromatic heterocycles. The summed E-state index contributed by atoms with van der Waals surface area (Å²) in [6.45, 7) is 0. The van der Waals surface area contributed by atoms with Gasteiger partial charge in [0, 0.05) is 18.8 Å². The molecule has 0 aliphatic rings. The van der Waals surface area contributed by atoms with E-state index in [2.05, 4.69) is 4.98 Å². The van der Waals surface area contributed by atoms with Crippen LogP contribution in [-0.4, -0.2) is 16.7 Å². The third-order valence-corrected chi connectivity index (χ3v) is 2.14. The number of nitrogens with zero attached hydrogens (tertiary/aromatic N) is 2. The number of rotatable bonds is 2. The molecular formula is C11H11FN2O. The molecule has 0 saturated carbocycles. The molecule has 0 aliphatic carbocycles. The molecule has 0 radical (unpaired) electrons. The minimum absolute atomic E-state index is 0.295. The van der Waals surface area contributed by atoms with E-state index in [1.54, 1.807) is 24.1 Å². The molecule has 0 bridgehead atoms. The summed E-state index contributed by atoms with van der Waals surface area (Å²) in [5.74, 6) is 0.326. The summed E-state index contributed by atoms with van der Waals surface area (Å²) < 4.78 is 20.0. The van der Waals surface area contributed by atoms with Crippen molar-refractivity contribution in [3.05, 3.63) is 36.5 Å². The van der Waals surface area contributed by atoms with Crippen molar-refractivity contribution >= 4 is 0 Å². The largest absolute Gasteiger partial charge is 0.496 e. The molecule has 78 valence electrons. The van der Waals surface area contributed by atoms with Crippen LogP contribution in [0.5, 0.6) is 5.75 Å². The van der Waals surface area contributed by atoms with Crippen molar-refractivity contribution in [1.29, 1.82) is 0 Å². The van der Waals surface area contributed by atoms with Crippen molar-refractivity contribution in [3.8, 4) is 17.0 Å². The number of hydrogen-bond acceptors (Lipinski definition) is 2. The van der Waals surface area contributed by atoms with Gasteiger partial charge in [0.2, 0.25) is 0 Å². The van der Waals surface area contributed by atoms with E-state index in [-0.39, 0.29) is 5.82 Å². The summed E-state index contributed by atoms with van der Waals surface area (Å²) in [7, 11) is 3.42. The standard InChI is InChI=1S/C11H11FN2O/c1-14-6-10(13-7-14)9-5-8(12)3-4-11(9)15-2/h3-7H,1-2H3. The highest BCUT2D eigenvalue weighted by molar-refractivity contribution is 5.66. The van der Waals surface area contributed by atoms with E-state index in [1.807, 2.05) is 13.2 Å². The summed E-state index contributed by atoms with van der Waals surface area (Å²) in [6, 6.07) is 4.38. The van der Waals surface area contributed by atoms with E-state index in [0.717, 1.165) is 0 Å². The first-order valence-electron chi connectivity index (χ1n) is 4.52. The highest BCUT2D eigenvalue weighted by atomic mass is 19.1. The molecule has 2 rings (SSSR count). The van der Waals surface area contributed by atoms with Crippen LogP contribution in [0.15, 0.2) is 30.7 Å². The third kappa shape index (κ3) is 1.83. The summed E-state index contributed by atoms with van der Waals surface area (Å²) in [6.07, 6.45) is 3.48. The second-order valence-electron chi connectivity index (χ2n) is 3.27. The summed E-state index contributed by atoms with van der Waals surface area (Å²) in [5, 5.41) is 0. The Hall–Kier alpha value is -1.84. The van der Waals surface area contributed by atoms with Crippen LogP contribution in [0.2, 0.25) is 0 Å². The van der Waals surface area contributed by atoms with Gasteiger partial charge in [-0.2, -0.15) is 0 Å². The number of aryl methyl sites for hydroxylation is 1. The monoisotopic (exact) mass is 206 g/mol. The lowest BCUT2D eigenvalue weighted by Crippen LogP contribution is -1.89. The average Bonchev–Trinajstić information content (AvgIpc) is 2.65. The maximum atomic E-state index is 13.1. The normalized spacial score (nSPS) is 10.3. The SMILES string of the molecule is COc1ccc(F)cc1-c1cn(C)cn1. The number of benzene rings is 1. The zero-order valence-corrected chi connectivity index (χ0v) is 8.57. The number of halogens is 1. The van der Waals surface area contributed by atoms with E-state index in [9.17, 15) is 4.39 Å². The van der Waals surface area contributed by atoms with E-state index < -0.39 is 0 Å². The van der Waals surface area contributed by atoms with Crippen molar-refractivity contribution < 1.29 is 9.13 Å². The number of methoxy groups -OCH3 is 1. The maximum Gasteiger partial charge on any atom is 0.128 e. The van der Waals surface area contributed by atoms with Crippen molar-refractivity contribution in [1.82, 2.24) is 9.55 Å². The smallest absolute Gasteiger partial charge is 0.128 e. The molecule has 0 saturated heterocycles. The lowest BCUT2D eigenvalue weighted by atomic mass is 10.1. The minimum atomic E-state index is -0.295. The molecule has 0 amide bonds. The Morgan fingerprint density at radius 2 is 2.20 bits per heavy atom. The molecule has 1 aromatic carbocycles. The second-order valence-corrected chi connectivity index (χ2v) is 3.27. The predicted molar refractivity (Wildman–Crippen MR) is 55.2 cm³/mol. The Morgan fingerprint density at radius 3 is 2.80 bits per heavy atom. The van der Waals surface area contributed by atoms with Gasteiger partial charge in [0.05, 0.1) is 19.1 Å². The lowest BCUT2D eigenvalue weighted by molar-refractivity contribution is 0.415. The van der Waals surface area contributed by atoms with Gasteiger partial charge in [0.25, 0.3) is 0 Å². The summed E-state index contributed by atoms with van der Waals surface area (Å²) >= 11 is 0. The lowest BCUT2D eigenvalue weighted by Gasteiger charge is -2.05. The van der Waals surface area contributed by atoms with Gasteiger partial charge in [-0.3, -0.25) is 0 Å². The van der Waals surface area contributed by atoms with Gasteiger partial charge < -0.3 is 9.30 Å². The van der Waals surface area contributed by atoms with Crippen molar-refractivity contribution in [2.75, 3.05) is 7.11 Å². The molecule has 0 atom stereocenters. The molecule has 15 heavy (non-hydrogen) atoms. The number of hydrogen-bond donors (Lipinski definition) is 0. The molecule has 0 unspecified atom stereocenters. The fourth-order valence-electron chi connectivity index (χ4n) is 1.43. The third-order valence-electron chi connectivity index (χ3n) is 2.14. The number of ether oxygens (including phenoxy) is 1. The Morgan fingerprint density at radius 1 is 1.40 bits per heavy atom. The van der Waals surface area contributed by atoms with Crippen molar-refractivity contribution in [2.24, 2.45) is 7.05 Å². The van der Waals surface area contributed by atoms with Crippen molar-refractivity contribution in [2.45, 2.75) is 0 Å². The molecule has 0 spiro atoms. The highest BCUT2D eigenvalue weighted by Gasteiger charge is 2.09. The predicted octanol–water partition coefficient (Wildman–Crippen LogP) is 2.23. The van der Waals surface area contributed by atoms with Crippen LogP contribution in [-0.2, 0) is 7.05 Å². The molecular weight excluding hydrogens is 195 g/mol. The number of aromatic nitrogens is 2. The molecule has 1 heterocycles. The molecule has 3 nitrogen and oxygen atoms in total. The van der Waals surface area contributed by atoms with Crippen LogP contribution in [0.3, 0.4) is 0 Å². The first-order valence-corrected chi connectivity index (χ1v) is 4.52. The van der Waals surface area contributed by atoms with Gasteiger partial charge in [-0.15, -0.1) is 0 Å². The van der Waals surface area contributed by atoms with E-state index in [1.165, 1.54) is 12.1 Å². The highest BCUT2D eigenvalue weighted by Crippen LogP contribution is 2.28. The van der Waals surface area contributed by atoms with Crippen LogP contribution in [0.4, 0.5) is 4.39 Å². The van der Waals surface area contributed by atoms with E-state index in [0.29, 0.717) is 17.0 Å². The van der Waals surface area contributed by atoms with Crippen LogP contribution in [0.1, 0.15) is 0 Å². The van der Waals surface area contributed by atoms with Gasteiger partial charge in [-0.25, -0.2) is 9.37 Å². The first kappa shape index (κ1) is 9.71. The fourth-order valence-corrected chi connectivity index (χ4v) is 1.43. The van der Waals surface area contributed by atoms with Crippen molar-refractivity contribution in [3.63, 3.8) is 0 Å². The van der Waals surface area contributed by atoms with Gasteiger partial charge in [-0.05, 0) is 18.2 Å². The molecule has 4 heteroatoms. The van der Waals surface area contributed by atoms with Gasteiger partial charge in [-0.1, -0.05) is 0 Å². The molecule has 0 aliphatic heterocycles. The second kappa shape index (κ2) is 3.73. The topological polar surface area (TPSA) is 27.1 Å². The summed E-state index contributed by atoms with van der Waals surface area (Å²) in [4.78, 5) is 4.15. The Bertz CT molecular complexity index is 479. The van der Waals surface area contributed by atoms with Crippen LogP contribution in [0.25, 0.3) is 11.3 Å². The first-order chi connectivity index (χ1) is 7.20. The fraction of sp³-hybridized carbons (Fsp3) is 0.182. The Kier molecular flexibility index (Phi) is 2.41. The van der Waals surface area contributed by atoms with Gasteiger partial charge >= 0.3 is 0 Å². The maximum absolute atomic E-state index is 13.1. The van der Waals surface area contributed by atoms with Gasteiger partial charge in [0.15, 0.2) is 0 Å². The molecule has 0 fully saturated rings. The van der Waals surface area contributed by atoms with Crippen LogP contribution in [0, 0.1) is 5.82 Å². The Labute approximate surface area is 87.1 Å². The minimum Gasteiger partial charge on any atom is -0.496 e. The molecule has 0 N–H and O–H groups in total. The zero-order chi connectivity index (χ0) is 10.8. The quantitative estimate of drug-likeness (QED) is 0.753. The zero-order valence-electron chi connectivity index (χ0n) is 8.57. The van der Waals surface area contributed by atoms with Crippen LogP contribution < -0.4 is 4.74 Å². The van der Waals surface area contributed by atoms with Crippen LogP contribution >= 0.6 is 0 Å². The number of imidazole rings is 1. The average molecular weight is 206 g/mol. The van der Waals surface area contributed by atoms with E-state index in [4.69, 9.17) is 4.74 Å². The van der Waals surface area contributed by atoms with Gasteiger partial charge in [0.1, 0.15) is 11.6 Å². The summed E-state index contributed by atoms with van der Waals surface area (Å²) in [5.41, 5.74) is 1.37. The Balaban J connectivity index is 2.55. The molecule has 2 aromatic rings. The van der Waals surface area contributed by atoms with E-state index >= 15 is 0 Å².